The second-order valence-electron chi connectivity index (χ2n) is 4.55. The topological polar surface area (TPSA) is 29.1 Å². The zero-order valence-electron chi connectivity index (χ0n) is 10.4. The molecule has 0 unspecified atom stereocenters. The van der Waals surface area contributed by atoms with Crippen molar-refractivity contribution in [3.63, 3.8) is 0 Å². The van der Waals surface area contributed by atoms with Crippen molar-refractivity contribution in [2.45, 2.75) is 40.2 Å². The van der Waals surface area contributed by atoms with Crippen LogP contribution in [0, 0.1) is 5.92 Å². The van der Waals surface area contributed by atoms with Crippen LogP contribution >= 0.6 is 0 Å². The highest BCUT2D eigenvalue weighted by Gasteiger charge is 2.01. The molecule has 16 heavy (non-hydrogen) atoms. The zero-order chi connectivity index (χ0) is 12.0. The summed E-state index contributed by atoms with van der Waals surface area (Å²) in [4.78, 5) is 11.1. The van der Waals surface area contributed by atoms with Crippen LogP contribution in [0.25, 0.3) is 0 Å². The molecule has 0 spiro atoms. The molecule has 0 aliphatic heterocycles. The van der Waals surface area contributed by atoms with E-state index in [1.165, 1.54) is 11.1 Å². The molecular weight excluding hydrogens is 198 g/mol. The van der Waals surface area contributed by atoms with E-state index in [0.29, 0.717) is 18.9 Å². The molecule has 0 saturated heterocycles. The third kappa shape index (κ3) is 4.47. The molecule has 1 aromatic rings. The van der Waals surface area contributed by atoms with E-state index in [-0.39, 0.29) is 5.91 Å². The Morgan fingerprint density at radius 1 is 1.31 bits per heavy atom. The quantitative estimate of drug-likeness (QED) is 0.810. The molecule has 0 saturated carbocycles. The summed E-state index contributed by atoms with van der Waals surface area (Å²) >= 11 is 0. The van der Waals surface area contributed by atoms with Gasteiger partial charge in [-0.05, 0) is 23.5 Å². The smallest absolute Gasteiger partial charge is 0.219 e. The fraction of sp³-hybridized carbons (Fsp3) is 0.500. The molecule has 0 heterocycles. The lowest BCUT2D eigenvalue weighted by molar-refractivity contribution is -0.120. The van der Waals surface area contributed by atoms with Gasteiger partial charge in [0, 0.05) is 13.0 Å². The lowest BCUT2D eigenvalue weighted by Gasteiger charge is -2.08. The minimum Gasteiger partial charge on any atom is -0.352 e. The van der Waals surface area contributed by atoms with E-state index in [0.717, 1.165) is 6.42 Å². The van der Waals surface area contributed by atoms with Crippen LogP contribution in [0.4, 0.5) is 0 Å². The van der Waals surface area contributed by atoms with Crippen molar-refractivity contribution in [3.8, 4) is 0 Å². The van der Waals surface area contributed by atoms with Gasteiger partial charge in [-0.1, -0.05) is 45.0 Å². The van der Waals surface area contributed by atoms with E-state index < -0.39 is 0 Å². The maximum atomic E-state index is 11.1. The molecule has 0 bridgehead atoms. The molecule has 0 atom stereocenters. The Hall–Kier alpha value is -1.31. The second kappa shape index (κ2) is 6.31. The Labute approximate surface area is 98.1 Å². The van der Waals surface area contributed by atoms with Crippen molar-refractivity contribution < 1.29 is 4.79 Å². The number of hydrogen-bond acceptors (Lipinski definition) is 1. The second-order valence-corrected chi connectivity index (χ2v) is 4.55. The van der Waals surface area contributed by atoms with Crippen LogP contribution in [-0.2, 0) is 17.8 Å². The van der Waals surface area contributed by atoms with Crippen LogP contribution in [0.1, 0.15) is 38.3 Å². The first-order chi connectivity index (χ1) is 7.61. The minimum atomic E-state index is 0.106. The third-order valence-electron chi connectivity index (χ3n) is 2.45. The van der Waals surface area contributed by atoms with Crippen molar-refractivity contribution in [2.24, 2.45) is 5.92 Å². The van der Waals surface area contributed by atoms with Crippen LogP contribution in [0.15, 0.2) is 24.3 Å². The summed E-state index contributed by atoms with van der Waals surface area (Å²) in [7, 11) is 0. The van der Waals surface area contributed by atoms with Crippen molar-refractivity contribution in [2.75, 3.05) is 0 Å². The van der Waals surface area contributed by atoms with E-state index >= 15 is 0 Å². The molecular formula is C14H21NO. The molecule has 2 heteroatoms. The lowest BCUT2D eigenvalue weighted by Crippen LogP contribution is -2.21. The lowest BCUT2D eigenvalue weighted by atomic mass is 10.0. The number of carbonyl (C=O) groups excluding carboxylic acids is 1. The number of nitrogens with one attached hydrogen (secondary N) is 1. The fourth-order valence-electron chi connectivity index (χ4n) is 1.66. The highest BCUT2D eigenvalue weighted by molar-refractivity contribution is 5.75. The van der Waals surface area contributed by atoms with Gasteiger partial charge < -0.3 is 5.32 Å². The maximum Gasteiger partial charge on any atom is 0.219 e. The molecule has 0 aromatic heterocycles. The number of benzene rings is 1. The van der Waals surface area contributed by atoms with E-state index in [2.05, 4.69) is 43.4 Å². The summed E-state index contributed by atoms with van der Waals surface area (Å²) in [5.74, 6) is 0.773. The summed E-state index contributed by atoms with van der Waals surface area (Å²) < 4.78 is 0. The Morgan fingerprint density at radius 3 is 2.62 bits per heavy atom. The first kappa shape index (κ1) is 12.8. The van der Waals surface area contributed by atoms with Gasteiger partial charge in [0.25, 0.3) is 0 Å². The summed E-state index contributed by atoms with van der Waals surface area (Å²) in [6.45, 7) is 6.93. The Bertz CT molecular complexity index is 344. The molecule has 1 rings (SSSR count). The number of hydrogen-bond donors (Lipinski definition) is 1. The normalized spacial score (nSPS) is 10.5. The number of amides is 1. The Balaban J connectivity index is 2.56. The van der Waals surface area contributed by atoms with Gasteiger partial charge in [0.2, 0.25) is 5.91 Å². The molecule has 88 valence electrons. The van der Waals surface area contributed by atoms with Crippen molar-refractivity contribution in [1.82, 2.24) is 5.32 Å². The van der Waals surface area contributed by atoms with Gasteiger partial charge in [-0.3, -0.25) is 4.79 Å². The summed E-state index contributed by atoms with van der Waals surface area (Å²) in [5, 5.41) is 2.89. The first-order valence-corrected chi connectivity index (χ1v) is 5.96. The molecule has 1 N–H and O–H groups in total. The van der Waals surface area contributed by atoms with Gasteiger partial charge in [0.1, 0.15) is 0 Å². The predicted octanol–water partition coefficient (Wildman–Crippen LogP) is 2.91. The zero-order valence-corrected chi connectivity index (χ0v) is 10.4. The molecule has 1 aromatic carbocycles. The summed E-state index contributed by atoms with van der Waals surface area (Å²) in [6, 6.07) is 8.44. The standard InChI is InChI=1S/C14H21NO/c1-4-14(16)15-10-13-7-5-6-12(9-13)8-11(2)3/h5-7,9,11H,4,8,10H2,1-3H3,(H,15,16). The van der Waals surface area contributed by atoms with Crippen LogP contribution in [0.2, 0.25) is 0 Å². The predicted molar refractivity (Wildman–Crippen MR) is 67.1 cm³/mol. The van der Waals surface area contributed by atoms with Gasteiger partial charge in [-0.25, -0.2) is 0 Å². The van der Waals surface area contributed by atoms with Crippen LogP contribution in [0.5, 0.6) is 0 Å². The van der Waals surface area contributed by atoms with Gasteiger partial charge >= 0.3 is 0 Å². The van der Waals surface area contributed by atoms with E-state index in [1.54, 1.807) is 0 Å². The SMILES string of the molecule is CCC(=O)NCc1cccc(CC(C)C)c1. The van der Waals surface area contributed by atoms with Crippen molar-refractivity contribution in [3.05, 3.63) is 35.4 Å². The Kier molecular flexibility index (Phi) is 5.03. The highest BCUT2D eigenvalue weighted by Crippen LogP contribution is 2.10. The Morgan fingerprint density at radius 2 is 2.00 bits per heavy atom. The monoisotopic (exact) mass is 219 g/mol. The van der Waals surface area contributed by atoms with Gasteiger partial charge in [-0.2, -0.15) is 0 Å². The van der Waals surface area contributed by atoms with Crippen molar-refractivity contribution >= 4 is 5.91 Å². The maximum absolute atomic E-state index is 11.1. The van der Waals surface area contributed by atoms with Gasteiger partial charge in [0.15, 0.2) is 0 Å². The van der Waals surface area contributed by atoms with E-state index in [1.807, 2.05) is 6.92 Å². The van der Waals surface area contributed by atoms with E-state index in [9.17, 15) is 4.79 Å². The number of carbonyl (C=O) groups is 1. The largest absolute Gasteiger partial charge is 0.352 e. The molecule has 1 amide bonds. The molecule has 0 aliphatic rings. The summed E-state index contributed by atoms with van der Waals surface area (Å²) in [5.41, 5.74) is 2.53. The molecule has 0 aliphatic carbocycles. The fourth-order valence-corrected chi connectivity index (χ4v) is 1.66. The number of rotatable bonds is 5. The van der Waals surface area contributed by atoms with Gasteiger partial charge in [0.05, 0.1) is 0 Å². The van der Waals surface area contributed by atoms with Crippen LogP contribution in [-0.4, -0.2) is 5.91 Å². The molecule has 0 radical (unpaired) electrons. The highest BCUT2D eigenvalue weighted by atomic mass is 16.1. The van der Waals surface area contributed by atoms with Gasteiger partial charge in [-0.15, -0.1) is 0 Å². The van der Waals surface area contributed by atoms with Crippen LogP contribution < -0.4 is 5.32 Å². The van der Waals surface area contributed by atoms with Crippen molar-refractivity contribution in [1.29, 1.82) is 0 Å². The third-order valence-corrected chi connectivity index (χ3v) is 2.45. The van der Waals surface area contributed by atoms with E-state index in [4.69, 9.17) is 0 Å². The molecule has 0 fully saturated rings. The summed E-state index contributed by atoms with van der Waals surface area (Å²) in [6.07, 6.45) is 1.64. The molecule has 2 nitrogen and oxygen atoms in total. The first-order valence-electron chi connectivity index (χ1n) is 5.96. The average molecular weight is 219 g/mol. The minimum absolute atomic E-state index is 0.106. The van der Waals surface area contributed by atoms with Crippen LogP contribution in [0.3, 0.4) is 0 Å². The average Bonchev–Trinajstić information content (AvgIpc) is 2.25.